The number of ether oxygens (including phenoxy) is 2. The Hall–Kier alpha value is -1.99. The summed E-state index contributed by atoms with van der Waals surface area (Å²) in [6.45, 7) is 2.26. The van der Waals surface area contributed by atoms with Crippen LogP contribution in [-0.2, 0) is 25.5 Å². The third-order valence-electron chi connectivity index (χ3n) is 5.34. The molecule has 2 heterocycles. The second-order valence-corrected chi connectivity index (χ2v) is 7.37. The summed E-state index contributed by atoms with van der Waals surface area (Å²) in [6, 6.07) is 3.91. The number of rotatable bonds is 10. The number of hydrogen-bond acceptors (Lipinski definition) is 5. The van der Waals surface area contributed by atoms with Crippen LogP contribution in [0.3, 0.4) is 0 Å². The maximum absolute atomic E-state index is 12.4. The van der Waals surface area contributed by atoms with E-state index in [9.17, 15) is 9.59 Å². The minimum atomic E-state index is -0.00899. The predicted molar refractivity (Wildman–Crippen MR) is 100.0 cm³/mol. The SMILES string of the molecule is COCCOCC(=O)N1C[C@@H](NC(=O)CCc2ccncc2)[C@H](C2CC2)C1. The molecule has 1 N–H and O–H groups in total. The molecule has 7 heteroatoms. The average Bonchev–Trinajstić information content (AvgIpc) is 3.45. The fourth-order valence-electron chi connectivity index (χ4n) is 3.67. The van der Waals surface area contributed by atoms with Gasteiger partial charge in [-0.25, -0.2) is 0 Å². The third kappa shape index (κ3) is 6.01. The van der Waals surface area contributed by atoms with E-state index < -0.39 is 0 Å². The molecule has 148 valence electrons. The number of amides is 2. The van der Waals surface area contributed by atoms with Crippen molar-refractivity contribution in [2.75, 3.05) is 40.0 Å². The number of methoxy groups -OCH3 is 1. The van der Waals surface area contributed by atoms with Crippen LogP contribution in [-0.4, -0.2) is 67.8 Å². The van der Waals surface area contributed by atoms with Crippen LogP contribution in [0.25, 0.3) is 0 Å². The molecular formula is C20H29N3O4. The fourth-order valence-corrected chi connectivity index (χ4v) is 3.67. The van der Waals surface area contributed by atoms with Gasteiger partial charge in [0.15, 0.2) is 0 Å². The molecule has 2 atom stereocenters. The van der Waals surface area contributed by atoms with Gasteiger partial charge in [0.1, 0.15) is 6.61 Å². The molecule has 0 bridgehead atoms. The van der Waals surface area contributed by atoms with Crippen LogP contribution in [0.2, 0.25) is 0 Å². The van der Waals surface area contributed by atoms with Gasteiger partial charge in [0.2, 0.25) is 11.8 Å². The molecule has 1 saturated heterocycles. The Labute approximate surface area is 160 Å². The van der Waals surface area contributed by atoms with E-state index >= 15 is 0 Å². The Morgan fingerprint density at radius 3 is 2.70 bits per heavy atom. The summed E-state index contributed by atoms with van der Waals surface area (Å²) in [6.07, 6.45) is 7.02. The Morgan fingerprint density at radius 2 is 2.00 bits per heavy atom. The van der Waals surface area contributed by atoms with Gasteiger partial charge in [-0.15, -0.1) is 0 Å². The molecule has 0 aromatic carbocycles. The summed E-state index contributed by atoms with van der Waals surface area (Å²) >= 11 is 0. The standard InChI is InChI=1S/C20H29N3O4/c1-26-10-11-27-14-20(25)23-12-17(16-3-4-16)18(13-23)22-19(24)5-2-15-6-8-21-9-7-15/h6-9,16-18H,2-5,10-14H2,1H3,(H,22,24)/t17-,18+/m0/s1. The van der Waals surface area contributed by atoms with E-state index in [1.807, 2.05) is 17.0 Å². The molecule has 1 aromatic heterocycles. The van der Waals surface area contributed by atoms with Crippen molar-refractivity contribution in [3.8, 4) is 0 Å². The highest BCUT2D eigenvalue weighted by Gasteiger charge is 2.44. The number of nitrogens with zero attached hydrogens (tertiary/aromatic N) is 2. The molecule has 27 heavy (non-hydrogen) atoms. The molecule has 1 aliphatic carbocycles. The molecule has 1 saturated carbocycles. The molecular weight excluding hydrogens is 346 g/mol. The number of hydrogen-bond donors (Lipinski definition) is 1. The van der Waals surface area contributed by atoms with E-state index in [4.69, 9.17) is 9.47 Å². The van der Waals surface area contributed by atoms with E-state index in [-0.39, 0.29) is 24.5 Å². The zero-order valence-electron chi connectivity index (χ0n) is 15.9. The van der Waals surface area contributed by atoms with Crippen LogP contribution in [0.5, 0.6) is 0 Å². The van der Waals surface area contributed by atoms with Crippen molar-refractivity contribution in [2.24, 2.45) is 11.8 Å². The van der Waals surface area contributed by atoms with Crippen molar-refractivity contribution in [1.29, 1.82) is 0 Å². The van der Waals surface area contributed by atoms with Gasteiger partial charge < -0.3 is 19.7 Å². The van der Waals surface area contributed by atoms with Crippen molar-refractivity contribution < 1.29 is 19.1 Å². The lowest BCUT2D eigenvalue weighted by Crippen LogP contribution is -2.42. The summed E-state index contributed by atoms with van der Waals surface area (Å²) in [4.78, 5) is 30.6. The fraction of sp³-hybridized carbons (Fsp3) is 0.650. The summed E-state index contributed by atoms with van der Waals surface area (Å²) in [5.74, 6) is 1.03. The maximum Gasteiger partial charge on any atom is 0.248 e. The Balaban J connectivity index is 1.46. The van der Waals surface area contributed by atoms with Crippen LogP contribution >= 0.6 is 0 Å². The lowest BCUT2D eigenvalue weighted by atomic mass is 9.98. The number of nitrogens with one attached hydrogen (secondary N) is 1. The zero-order valence-corrected chi connectivity index (χ0v) is 15.9. The molecule has 2 aliphatic rings. The second-order valence-electron chi connectivity index (χ2n) is 7.37. The van der Waals surface area contributed by atoms with Gasteiger partial charge in [-0.05, 0) is 42.9 Å². The Bertz CT molecular complexity index is 621. The van der Waals surface area contributed by atoms with Gasteiger partial charge in [0.05, 0.1) is 19.3 Å². The summed E-state index contributed by atoms with van der Waals surface area (Å²) in [5, 5.41) is 3.17. The number of carbonyl (C=O) groups is 2. The summed E-state index contributed by atoms with van der Waals surface area (Å²) < 4.78 is 10.3. The van der Waals surface area contributed by atoms with Crippen molar-refractivity contribution in [2.45, 2.75) is 31.7 Å². The largest absolute Gasteiger partial charge is 0.382 e. The van der Waals surface area contributed by atoms with Gasteiger partial charge >= 0.3 is 0 Å². The highest BCUT2D eigenvalue weighted by atomic mass is 16.5. The molecule has 0 spiro atoms. The number of pyridine rings is 1. The smallest absolute Gasteiger partial charge is 0.248 e. The third-order valence-corrected chi connectivity index (χ3v) is 5.34. The van der Waals surface area contributed by atoms with E-state index in [1.54, 1.807) is 19.5 Å². The first-order valence-electron chi connectivity index (χ1n) is 9.70. The van der Waals surface area contributed by atoms with Crippen molar-refractivity contribution in [3.05, 3.63) is 30.1 Å². The molecule has 7 nitrogen and oxygen atoms in total. The van der Waals surface area contributed by atoms with Crippen molar-refractivity contribution in [1.82, 2.24) is 15.2 Å². The lowest BCUT2D eigenvalue weighted by molar-refractivity contribution is -0.135. The Kier molecular flexibility index (Phi) is 7.18. The monoisotopic (exact) mass is 375 g/mol. The molecule has 2 fully saturated rings. The van der Waals surface area contributed by atoms with E-state index in [0.29, 0.717) is 51.0 Å². The van der Waals surface area contributed by atoms with Crippen molar-refractivity contribution in [3.63, 3.8) is 0 Å². The number of carbonyl (C=O) groups excluding carboxylic acids is 2. The molecule has 0 radical (unpaired) electrons. The first-order chi connectivity index (χ1) is 13.2. The average molecular weight is 375 g/mol. The van der Waals surface area contributed by atoms with E-state index in [2.05, 4.69) is 10.3 Å². The quantitative estimate of drug-likeness (QED) is 0.618. The van der Waals surface area contributed by atoms with Crippen LogP contribution in [0, 0.1) is 11.8 Å². The van der Waals surface area contributed by atoms with Crippen LogP contribution in [0.15, 0.2) is 24.5 Å². The highest BCUT2D eigenvalue weighted by molar-refractivity contribution is 5.79. The predicted octanol–water partition coefficient (Wildman–Crippen LogP) is 1.03. The van der Waals surface area contributed by atoms with Crippen molar-refractivity contribution >= 4 is 11.8 Å². The number of aromatic nitrogens is 1. The van der Waals surface area contributed by atoms with Crippen LogP contribution in [0.1, 0.15) is 24.8 Å². The highest BCUT2D eigenvalue weighted by Crippen LogP contribution is 2.41. The van der Waals surface area contributed by atoms with Gasteiger partial charge in [0.25, 0.3) is 0 Å². The first kappa shape index (κ1) is 19.8. The molecule has 3 rings (SSSR count). The summed E-state index contributed by atoms with van der Waals surface area (Å²) in [7, 11) is 1.61. The molecule has 1 aromatic rings. The molecule has 0 unspecified atom stereocenters. The molecule has 2 amide bonds. The lowest BCUT2D eigenvalue weighted by Gasteiger charge is -2.19. The first-order valence-corrected chi connectivity index (χ1v) is 9.70. The molecule has 1 aliphatic heterocycles. The van der Waals surface area contributed by atoms with Gasteiger partial charge in [0, 0.05) is 44.9 Å². The van der Waals surface area contributed by atoms with E-state index in [1.165, 1.54) is 12.8 Å². The number of likely N-dealkylation sites (tertiary alicyclic amines) is 1. The summed E-state index contributed by atoms with van der Waals surface area (Å²) in [5.41, 5.74) is 1.11. The topological polar surface area (TPSA) is 80.8 Å². The van der Waals surface area contributed by atoms with Gasteiger partial charge in [-0.1, -0.05) is 0 Å². The minimum Gasteiger partial charge on any atom is -0.382 e. The zero-order chi connectivity index (χ0) is 19.1. The van der Waals surface area contributed by atoms with Gasteiger partial charge in [-0.3, -0.25) is 14.6 Å². The minimum absolute atomic E-state index is 0.00899. The number of aryl methyl sites for hydroxylation is 1. The van der Waals surface area contributed by atoms with E-state index in [0.717, 1.165) is 5.56 Å². The Morgan fingerprint density at radius 1 is 1.22 bits per heavy atom. The van der Waals surface area contributed by atoms with Crippen LogP contribution in [0.4, 0.5) is 0 Å². The maximum atomic E-state index is 12.4. The second kappa shape index (κ2) is 9.80. The normalized spacial score (nSPS) is 22.0. The van der Waals surface area contributed by atoms with Gasteiger partial charge in [-0.2, -0.15) is 0 Å². The van der Waals surface area contributed by atoms with Crippen LogP contribution < -0.4 is 5.32 Å².